The molecule has 1 aromatic rings. The maximum Gasteiger partial charge on any atom is 0.149 e. The van der Waals surface area contributed by atoms with Gasteiger partial charge in [-0.3, -0.25) is 9.69 Å². The second-order valence-corrected chi connectivity index (χ2v) is 5.13. The number of benzene rings is 1. The van der Waals surface area contributed by atoms with Crippen molar-refractivity contribution in [3.8, 4) is 0 Å². The Morgan fingerprint density at radius 2 is 1.39 bits per heavy atom. The molecule has 0 spiro atoms. The van der Waals surface area contributed by atoms with Gasteiger partial charge in [0.25, 0.3) is 0 Å². The molecule has 0 bridgehead atoms. The highest BCUT2D eigenvalue weighted by molar-refractivity contribution is 5.84. The van der Waals surface area contributed by atoms with Crippen molar-refractivity contribution in [3.63, 3.8) is 0 Å². The minimum atomic E-state index is 0.307. The SMILES string of the molecule is O=C1CCCCC1N1CCCC1.c1ccccc1. The summed E-state index contributed by atoms with van der Waals surface area (Å²) in [6.45, 7) is 2.33. The molecule has 2 nitrogen and oxygen atoms in total. The highest BCUT2D eigenvalue weighted by Gasteiger charge is 2.29. The van der Waals surface area contributed by atoms with E-state index in [1.54, 1.807) is 0 Å². The fourth-order valence-corrected chi connectivity index (χ4v) is 2.79. The van der Waals surface area contributed by atoms with Gasteiger partial charge < -0.3 is 0 Å². The van der Waals surface area contributed by atoms with Crippen LogP contribution in [0.25, 0.3) is 0 Å². The molecule has 2 fully saturated rings. The molecule has 18 heavy (non-hydrogen) atoms. The van der Waals surface area contributed by atoms with Crippen LogP contribution >= 0.6 is 0 Å². The van der Waals surface area contributed by atoms with Gasteiger partial charge in [-0.25, -0.2) is 0 Å². The van der Waals surface area contributed by atoms with Crippen LogP contribution in [0.4, 0.5) is 0 Å². The van der Waals surface area contributed by atoms with E-state index in [2.05, 4.69) is 4.90 Å². The van der Waals surface area contributed by atoms with Crippen LogP contribution in [-0.2, 0) is 4.79 Å². The summed E-state index contributed by atoms with van der Waals surface area (Å²) in [4.78, 5) is 13.9. The average Bonchev–Trinajstić information content (AvgIpc) is 2.96. The minimum absolute atomic E-state index is 0.307. The number of likely N-dealkylation sites (tertiary alicyclic amines) is 1. The van der Waals surface area contributed by atoms with E-state index in [-0.39, 0.29) is 0 Å². The smallest absolute Gasteiger partial charge is 0.149 e. The third-order valence-electron chi connectivity index (χ3n) is 3.77. The van der Waals surface area contributed by atoms with Gasteiger partial charge >= 0.3 is 0 Å². The van der Waals surface area contributed by atoms with Gasteiger partial charge in [0.15, 0.2) is 0 Å². The average molecular weight is 245 g/mol. The lowest BCUT2D eigenvalue weighted by molar-refractivity contribution is -0.125. The first-order valence-corrected chi connectivity index (χ1v) is 7.15. The molecule has 2 aliphatic rings. The number of rotatable bonds is 1. The van der Waals surface area contributed by atoms with E-state index >= 15 is 0 Å². The van der Waals surface area contributed by atoms with E-state index in [0.29, 0.717) is 11.8 Å². The Morgan fingerprint density at radius 3 is 1.89 bits per heavy atom. The third-order valence-corrected chi connectivity index (χ3v) is 3.77. The molecule has 0 radical (unpaired) electrons. The van der Waals surface area contributed by atoms with Crippen LogP contribution in [0.2, 0.25) is 0 Å². The van der Waals surface area contributed by atoms with Crippen LogP contribution < -0.4 is 0 Å². The molecular formula is C16H23NO. The minimum Gasteiger partial charge on any atom is -0.298 e. The third kappa shape index (κ3) is 3.95. The van der Waals surface area contributed by atoms with Gasteiger partial charge in [0.05, 0.1) is 6.04 Å². The highest BCUT2D eigenvalue weighted by Crippen LogP contribution is 2.22. The van der Waals surface area contributed by atoms with Gasteiger partial charge in [0.1, 0.15) is 5.78 Å². The molecular weight excluding hydrogens is 222 g/mol. The van der Waals surface area contributed by atoms with Crippen molar-refractivity contribution < 1.29 is 4.79 Å². The molecule has 2 heteroatoms. The lowest BCUT2D eigenvalue weighted by Gasteiger charge is -2.29. The van der Waals surface area contributed by atoms with E-state index in [1.165, 1.54) is 19.3 Å². The van der Waals surface area contributed by atoms with Crippen LogP contribution in [0.3, 0.4) is 0 Å². The topological polar surface area (TPSA) is 20.3 Å². The fraction of sp³-hybridized carbons (Fsp3) is 0.562. The maximum absolute atomic E-state index is 11.5. The van der Waals surface area contributed by atoms with Gasteiger partial charge in [-0.1, -0.05) is 42.8 Å². The van der Waals surface area contributed by atoms with Crippen LogP contribution in [0.15, 0.2) is 36.4 Å². The summed E-state index contributed by atoms with van der Waals surface area (Å²) in [7, 11) is 0. The van der Waals surface area contributed by atoms with Crippen molar-refractivity contribution in [1.29, 1.82) is 0 Å². The maximum atomic E-state index is 11.5. The van der Waals surface area contributed by atoms with E-state index in [0.717, 1.165) is 32.4 Å². The van der Waals surface area contributed by atoms with E-state index in [9.17, 15) is 4.79 Å². The second-order valence-electron chi connectivity index (χ2n) is 5.13. The predicted octanol–water partition coefficient (Wildman–Crippen LogP) is 3.28. The number of carbonyl (C=O) groups excluding carboxylic acids is 1. The molecule has 1 atom stereocenters. The summed E-state index contributed by atoms with van der Waals surface area (Å²) < 4.78 is 0. The molecule has 1 unspecified atom stereocenters. The van der Waals surface area contributed by atoms with E-state index in [1.807, 2.05) is 36.4 Å². The van der Waals surface area contributed by atoms with Gasteiger partial charge in [0, 0.05) is 6.42 Å². The monoisotopic (exact) mass is 245 g/mol. The molecule has 1 aromatic carbocycles. The molecule has 1 aliphatic heterocycles. The summed E-state index contributed by atoms with van der Waals surface area (Å²) >= 11 is 0. The molecule has 1 heterocycles. The van der Waals surface area contributed by atoms with Crippen LogP contribution in [0.1, 0.15) is 38.5 Å². The Labute approximate surface area is 110 Å². The van der Waals surface area contributed by atoms with Gasteiger partial charge in [-0.2, -0.15) is 0 Å². The first kappa shape index (κ1) is 13.3. The van der Waals surface area contributed by atoms with Crippen LogP contribution in [0, 0.1) is 0 Å². The molecule has 1 saturated heterocycles. The molecule has 3 rings (SSSR count). The zero-order chi connectivity index (χ0) is 12.6. The fourth-order valence-electron chi connectivity index (χ4n) is 2.79. The molecule has 98 valence electrons. The van der Waals surface area contributed by atoms with Crippen LogP contribution in [-0.4, -0.2) is 29.8 Å². The number of nitrogens with zero attached hydrogens (tertiary/aromatic N) is 1. The summed E-state index contributed by atoms with van der Waals surface area (Å²) in [6.07, 6.45) is 6.93. The molecule has 0 aromatic heterocycles. The van der Waals surface area contributed by atoms with E-state index in [4.69, 9.17) is 0 Å². The van der Waals surface area contributed by atoms with E-state index < -0.39 is 0 Å². The number of hydrogen-bond acceptors (Lipinski definition) is 2. The number of ketones is 1. The van der Waals surface area contributed by atoms with Crippen molar-refractivity contribution in [2.24, 2.45) is 0 Å². The normalized spacial score (nSPS) is 24.4. The molecule has 0 N–H and O–H groups in total. The molecule has 1 aliphatic carbocycles. The van der Waals surface area contributed by atoms with Crippen LogP contribution in [0.5, 0.6) is 0 Å². The lowest BCUT2D eigenvalue weighted by atomic mass is 9.93. The Hall–Kier alpha value is -1.15. The summed E-state index contributed by atoms with van der Waals surface area (Å²) in [5.41, 5.74) is 0. The van der Waals surface area contributed by atoms with Gasteiger partial charge in [-0.05, 0) is 38.8 Å². The summed E-state index contributed by atoms with van der Waals surface area (Å²) in [5, 5.41) is 0. The first-order chi connectivity index (χ1) is 8.88. The number of Topliss-reactive ketones (excluding diaryl/α,β-unsaturated/α-hetero) is 1. The standard InChI is InChI=1S/C10H17NO.C6H6/c12-10-6-2-1-5-9(10)11-7-3-4-8-11;1-2-4-6-5-3-1/h9H,1-8H2;1-6H. The van der Waals surface area contributed by atoms with Gasteiger partial charge in [-0.15, -0.1) is 0 Å². The van der Waals surface area contributed by atoms with Crippen molar-refractivity contribution in [3.05, 3.63) is 36.4 Å². The van der Waals surface area contributed by atoms with Gasteiger partial charge in [0.2, 0.25) is 0 Å². The Kier molecular flexibility index (Phi) is 5.40. The highest BCUT2D eigenvalue weighted by atomic mass is 16.1. The van der Waals surface area contributed by atoms with Crippen molar-refractivity contribution in [2.45, 2.75) is 44.6 Å². The summed E-state index contributed by atoms with van der Waals surface area (Å²) in [5.74, 6) is 0.503. The number of carbonyl (C=O) groups is 1. The van der Waals surface area contributed by atoms with Crippen molar-refractivity contribution in [1.82, 2.24) is 4.90 Å². The Morgan fingerprint density at radius 1 is 0.833 bits per heavy atom. The predicted molar refractivity (Wildman–Crippen MR) is 74.5 cm³/mol. The largest absolute Gasteiger partial charge is 0.298 e. The Bertz CT molecular complexity index is 317. The molecule has 0 amide bonds. The zero-order valence-corrected chi connectivity index (χ0v) is 11.1. The number of hydrogen-bond donors (Lipinski definition) is 0. The first-order valence-electron chi connectivity index (χ1n) is 7.15. The Balaban J connectivity index is 0.000000169. The van der Waals surface area contributed by atoms with Crippen molar-refractivity contribution >= 4 is 5.78 Å². The second kappa shape index (κ2) is 7.32. The summed E-state index contributed by atoms with van der Waals surface area (Å²) in [6, 6.07) is 12.3. The quantitative estimate of drug-likeness (QED) is 0.756. The zero-order valence-electron chi connectivity index (χ0n) is 11.1. The lowest BCUT2D eigenvalue weighted by Crippen LogP contribution is -2.41. The van der Waals surface area contributed by atoms with Crippen molar-refractivity contribution in [2.75, 3.05) is 13.1 Å². The molecule has 1 saturated carbocycles.